The summed E-state index contributed by atoms with van der Waals surface area (Å²) >= 11 is 0. The first-order valence-electron chi connectivity index (χ1n) is 6.63. The van der Waals surface area contributed by atoms with Crippen LogP contribution < -0.4 is 10.9 Å². The number of anilines is 1. The number of aldehydes is 1. The number of carbonyl (C=O) groups excluding carboxylic acids is 1. The van der Waals surface area contributed by atoms with Crippen molar-refractivity contribution >= 4 is 22.9 Å². The van der Waals surface area contributed by atoms with E-state index in [-0.39, 0.29) is 12.3 Å². The van der Waals surface area contributed by atoms with Crippen LogP contribution >= 0.6 is 0 Å². The van der Waals surface area contributed by atoms with Gasteiger partial charge in [-0.15, -0.1) is 0 Å². The van der Waals surface area contributed by atoms with Crippen LogP contribution in [-0.2, 0) is 17.9 Å². The molecule has 1 N–H and O–H groups in total. The Hall–Kier alpha value is -2.14. The molecule has 0 radical (unpaired) electrons. The van der Waals surface area contributed by atoms with E-state index in [1.54, 1.807) is 23.8 Å². The lowest BCUT2D eigenvalue weighted by molar-refractivity contribution is 0.112. The predicted octanol–water partition coefficient (Wildman–Crippen LogP) is 1.78. The molecule has 0 spiro atoms. The molecule has 5 nitrogen and oxygen atoms in total. The second-order valence-corrected chi connectivity index (χ2v) is 4.93. The third-order valence-electron chi connectivity index (χ3n) is 3.69. The van der Waals surface area contributed by atoms with E-state index in [2.05, 4.69) is 5.32 Å². The summed E-state index contributed by atoms with van der Waals surface area (Å²) in [6.45, 7) is 1.05. The van der Waals surface area contributed by atoms with Crippen LogP contribution in [0.4, 0.5) is 5.69 Å². The first-order chi connectivity index (χ1) is 9.76. The van der Waals surface area contributed by atoms with Gasteiger partial charge in [0.15, 0.2) is 0 Å². The first kappa shape index (κ1) is 12.9. The maximum Gasteiger partial charge on any atom is 0.258 e. The van der Waals surface area contributed by atoms with Gasteiger partial charge in [-0.2, -0.15) is 0 Å². The van der Waals surface area contributed by atoms with E-state index in [1.165, 1.54) is 0 Å². The summed E-state index contributed by atoms with van der Waals surface area (Å²) in [5.74, 6) is 0. The highest BCUT2D eigenvalue weighted by molar-refractivity contribution is 5.96. The smallest absolute Gasteiger partial charge is 0.258 e. The maximum atomic E-state index is 12.6. The Morgan fingerprint density at radius 1 is 1.45 bits per heavy atom. The van der Waals surface area contributed by atoms with Gasteiger partial charge in [0.05, 0.1) is 11.2 Å². The summed E-state index contributed by atoms with van der Waals surface area (Å²) in [5, 5.41) is 4.27. The van der Waals surface area contributed by atoms with E-state index in [0.29, 0.717) is 5.56 Å². The van der Waals surface area contributed by atoms with Gasteiger partial charge in [0.2, 0.25) is 0 Å². The molecule has 0 unspecified atom stereocenters. The SMILES string of the molecule is COCn1c(=O)c2c(c3ccc(C=O)cc31)NCCC2. The monoisotopic (exact) mass is 272 g/mol. The number of rotatable bonds is 3. The topological polar surface area (TPSA) is 60.3 Å². The minimum Gasteiger partial charge on any atom is -0.384 e. The second kappa shape index (κ2) is 5.09. The lowest BCUT2D eigenvalue weighted by Gasteiger charge is -2.22. The van der Waals surface area contributed by atoms with Crippen LogP contribution in [0.25, 0.3) is 10.9 Å². The average Bonchev–Trinajstić information content (AvgIpc) is 2.51. The molecule has 0 aliphatic carbocycles. The molecule has 3 rings (SSSR count). The number of hydrogen-bond acceptors (Lipinski definition) is 4. The van der Waals surface area contributed by atoms with Crippen molar-refractivity contribution in [2.75, 3.05) is 19.0 Å². The van der Waals surface area contributed by atoms with Gasteiger partial charge in [-0.05, 0) is 18.9 Å². The number of carbonyl (C=O) groups is 1. The Bertz CT molecular complexity index is 734. The number of ether oxygens (including phenoxy) is 1. The molecule has 0 bridgehead atoms. The lowest BCUT2D eigenvalue weighted by Crippen LogP contribution is -2.29. The van der Waals surface area contributed by atoms with Crippen molar-refractivity contribution in [1.29, 1.82) is 0 Å². The molecule has 1 aromatic heterocycles. The largest absolute Gasteiger partial charge is 0.384 e. The number of hydrogen-bond donors (Lipinski definition) is 1. The Kier molecular flexibility index (Phi) is 3.28. The van der Waals surface area contributed by atoms with Crippen LogP contribution in [0.15, 0.2) is 23.0 Å². The molecule has 1 aliphatic rings. The van der Waals surface area contributed by atoms with E-state index in [4.69, 9.17) is 4.74 Å². The van der Waals surface area contributed by atoms with Gasteiger partial charge < -0.3 is 10.1 Å². The van der Waals surface area contributed by atoms with Gasteiger partial charge >= 0.3 is 0 Å². The summed E-state index contributed by atoms with van der Waals surface area (Å²) in [6, 6.07) is 5.40. The van der Waals surface area contributed by atoms with Gasteiger partial charge in [0, 0.05) is 30.2 Å². The number of pyridine rings is 1. The van der Waals surface area contributed by atoms with Crippen LogP contribution in [0, 0.1) is 0 Å². The van der Waals surface area contributed by atoms with Crippen molar-refractivity contribution in [3.8, 4) is 0 Å². The van der Waals surface area contributed by atoms with E-state index in [0.717, 1.165) is 47.8 Å². The molecular formula is C15H16N2O3. The molecule has 2 aromatic rings. The predicted molar refractivity (Wildman–Crippen MR) is 77.4 cm³/mol. The molecule has 0 atom stereocenters. The Morgan fingerprint density at radius 2 is 2.30 bits per heavy atom. The molecule has 0 saturated carbocycles. The van der Waals surface area contributed by atoms with Gasteiger partial charge in [-0.3, -0.25) is 14.2 Å². The fourth-order valence-corrected chi connectivity index (χ4v) is 2.77. The summed E-state index contributed by atoms with van der Waals surface area (Å²) < 4.78 is 6.73. The molecule has 104 valence electrons. The van der Waals surface area contributed by atoms with Crippen LogP contribution in [0.2, 0.25) is 0 Å². The van der Waals surface area contributed by atoms with Crippen LogP contribution in [0.1, 0.15) is 22.3 Å². The van der Waals surface area contributed by atoms with Crippen molar-refractivity contribution in [1.82, 2.24) is 4.57 Å². The van der Waals surface area contributed by atoms with Crippen molar-refractivity contribution in [3.05, 3.63) is 39.7 Å². The van der Waals surface area contributed by atoms with Crippen molar-refractivity contribution < 1.29 is 9.53 Å². The minimum atomic E-state index is -0.0374. The van der Waals surface area contributed by atoms with E-state index >= 15 is 0 Å². The first-order valence-corrected chi connectivity index (χ1v) is 6.63. The summed E-state index contributed by atoms with van der Waals surface area (Å²) in [4.78, 5) is 23.5. The highest BCUT2D eigenvalue weighted by Crippen LogP contribution is 2.29. The number of methoxy groups -OCH3 is 1. The van der Waals surface area contributed by atoms with Crippen LogP contribution in [0.5, 0.6) is 0 Å². The Balaban J connectivity index is 2.40. The van der Waals surface area contributed by atoms with Gasteiger partial charge in [0.1, 0.15) is 13.0 Å². The van der Waals surface area contributed by atoms with Crippen LogP contribution in [0.3, 0.4) is 0 Å². The normalized spacial score (nSPS) is 13.8. The average molecular weight is 272 g/mol. The molecule has 20 heavy (non-hydrogen) atoms. The van der Waals surface area contributed by atoms with E-state index in [1.807, 2.05) is 6.07 Å². The second-order valence-electron chi connectivity index (χ2n) is 4.93. The number of aromatic nitrogens is 1. The third kappa shape index (κ3) is 1.91. The summed E-state index contributed by atoms with van der Waals surface area (Å²) in [7, 11) is 1.56. The number of benzene rings is 1. The molecule has 1 aliphatic heterocycles. The third-order valence-corrected chi connectivity index (χ3v) is 3.69. The summed E-state index contributed by atoms with van der Waals surface area (Å²) in [6.07, 6.45) is 2.51. The Labute approximate surface area is 116 Å². The number of nitrogens with one attached hydrogen (secondary N) is 1. The van der Waals surface area contributed by atoms with Gasteiger partial charge in [-0.25, -0.2) is 0 Å². The summed E-state index contributed by atoms with van der Waals surface area (Å²) in [5.41, 5.74) is 2.96. The minimum absolute atomic E-state index is 0.0374. The van der Waals surface area contributed by atoms with Gasteiger partial charge in [0.25, 0.3) is 5.56 Å². The fourth-order valence-electron chi connectivity index (χ4n) is 2.77. The fraction of sp³-hybridized carbons (Fsp3) is 0.333. The van der Waals surface area contributed by atoms with Crippen molar-refractivity contribution in [3.63, 3.8) is 0 Å². The molecule has 1 aromatic carbocycles. The highest BCUT2D eigenvalue weighted by atomic mass is 16.5. The van der Waals surface area contributed by atoms with Crippen molar-refractivity contribution in [2.24, 2.45) is 0 Å². The molecule has 5 heteroatoms. The van der Waals surface area contributed by atoms with E-state index in [9.17, 15) is 9.59 Å². The van der Waals surface area contributed by atoms with Crippen molar-refractivity contribution in [2.45, 2.75) is 19.6 Å². The number of nitrogens with zero attached hydrogens (tertiary/aromatic N) is 1. The zero-order chi connectivity index (χ0) is 14.1. The standard InChI is InChI=1S/C15H16N2O3/c1-20-9-17-13-7-10(8-18)4-5-11(13)14-12(15(17)19)3-2-6-16-14/h4-5,7-8,16H,2-3,6,9H2,1H3. The zero-order valence-corrected chi connectivity index (χ0v) is 11.3. The Morgan fingerprint density at radius 3 is 3.05 bits per heavy atom. The quantitative estimate of drug-likeness (QED) is 0.865. The molecule has 0 saturated heterocycles. The molecular weight excluding hydrogens is 256 g/mol. The lowest BCUT2D eigenvalue weighted by atomic mass is 10.0. The number of fused-ring (bicyclic) bond motifs is 3. The molecule has 0 fully saturated rings. The molecule has 2 heterocycles. The van der Waals surface area contributed by atoms with Gasteiger partial charge in [-0.1, -0.05) is 12.1 Å². The van der Waals surface area contributed by atoms with E-state index < -0.39 is 0 Å². The molecule has 0 amide bonds. The van der Waals surface area contributed by atoms with Crippen LogP contribution in [-0.4, -0.2) is 24.5 Å². The highest BCUT2D eigenvalue weighted by Gasteiger charge is 2.19. The zero-order valence-electron chi connectivity index (χ0n) is 11.3. The maximum absolute atomic E-state index is 12.6.